The van der Waals surface area contributed by atoms with Crippen molar-refractivity contribution in [2.24, 2.45) is 0 Å². The molecule has 1 amide bonds. The number of nitrogens with two attached hydrogens (primary N) is 1. The van der Waals surface area contributed by atoms with Crippen molar-refractivity contribution in [2.45, 2.75) is 6.61 Å². The van der Waals surface area contributed by atoms with Crippen molar-refractivity contribution < 1.29 is 14.3 Å². The van der Waals surface area contributed by atoms with Gasteiger partial charge in [-0.15, -0.1) is 0 Å². The molecule has 0 radical (unpaired) electrons. The third-order valence-corrected chi connectivity index (χ3v) is 2.99. The van der Waals surface area contributed by atoms with Crippen LogP contribution in [0.1, 0.15) is 15.9 Å². The molecule has 0 bridgehead atoms. The average molecular weight is 286 g/mol. The highest BCUT2D eigenvalue weighted by Gasteiger charge is 2.09. The van der Waals surface area contributed by atoms with Crippen LogP contribution in [0.4, 0.5) is 11.4 Å². The lowest BCUT2D eigenvalue weighted by molar-refractivity contribution is 0.102. The highest BCUT2D eigenvalue weighted by atomic mass is 16.5. The Hall–Kier alpha value is -2.53. The molecule has 2 rings (SSSR count). The van der Waals surface area contributed by atoms with Gasteiger partial charge in [-0.3, -0.25) is 4.79 Å². The van der Waals surface area contributed by atoms with E-state index in [0.717, 1.165) is 5.56 Å². The number of methoxy groups -OCH3 is 2. The second-order valence-corrected chi connectivity index (χ2v) is 4.54. The number of amides is 1. The number of nitrogen functional groups attached to an aromatic ring is 1. The standard InChI is InChI=1S/C16H18N2O3/c1-20-10-11-4-3-5-13(8-11)18-16(19)12-6-7-14(17)15(9-12)21-2/h3-9H,10,17H2,1-2H3,(H,18,19). The molecule has 3 N–H and O–H groups in total. The largest absolute Gasteiger partial charge is 0.495 e. The van der Waals surface area contributed by atoms with E-state index in [2.05, 4.69) is 5.32 Å². The van der Waals surface area contributed by atoms with Gasteiger partial charge in [-0.1, -0.05) is 12.1 Å². The van der Waals surface area contributed by atoms with Gasteiger partial charge in [0.15, 0.2) is 0 Å². The van der Waals surface area contributed by atoms with E-state index < -0.39 is 0 Å². The monoisotopic (exact) mass is 286 g/mol. The lowest BCUT2D eigenvalue weighted by Gasteiger charge is -2.09. The van der Waals surface area contributed by atoms with Gasteiger partial charge in [-0.2, -0.15) is 0 Å². The molecule has 5 heteroatoms. The number of hydrogen-bond donors (Lipinski definition) is 2. The van der Waals surface area contributed by atoms with Crippen molar-refractivity contribution in [1.82, 2.24) is 0 Å². The fourth-order valence-corrected chi connectivity index (χ4v) is 1.96. The van der Waals surface area contributed by atoms with Crippen LogP contribution < -0.4 is 15.8 Å². The first-order valence-corrected chi connectivity index (χ1v) is 6.47. The molecule has 2 aromatic carbocycles. The maximum Gasteiger partial charge on any atom is 0.255 e. The van der Waals surface area contributed by atoms with Crippen LogP contribution in [0.25, 0.3) is 0 Å². The second-order valence-electron chi connectivity index (χ2n) is 4.54. The Morgan fingerprint density at radius 3 is 2.71 bits per heavy atom. The number of nitrogens with one attached hydrogen (secondary N) is 1. The predicted molar refractivity (Wildman–Crippen MR) is 82.5 cm³/mol. The van der Waals surface area contributed by atoms with Crippen LogP contribution >= 0.6 is 0 Å². The molecule has 21 heavy (non-hydrogen) atoms. The SMILES string of the molecule is COCc1cccc(NC(=O)c2ccc(N)c(OC)c2)c1. The molecule has 0 atom stereocenters. The van der Waals surface area contributed by atoms with Crippen molar-refractivity contribution in [3.8, 4) is 5.75 Å². The minimum absolute atomic E-state index is 0.220. The van der Waals surface area contributed by atoms with Crippen molar-refractivity contribution >= 4 is 17.3 Å². The van der Waals surface area contributed by atoms with E-state index in [-0.39, 0.29) is 5.91 Å². The third-order valence-electron chi connectivity index (χ3n) is 2.99. The minimum Gasteiger partial charge on any atom is -0.495 e. The molecule has 0 aliphatic rings. The van der Waals surface area contributed by atoms with Crippen molar-refractivity contribution in [3.63, 3.8) is 0 Å². The molecule has 0 unspecified atom stereocenters. The van der Waals surface area contributed by atoms with E-state index in [0.29, 0.717) is 29.3 Å². The summed E-state index contributed by atoms with van der Waals surface area (Å²) in [6.45, 7) is 0.499. The van der Waals surface area contributed by atoms with E-state index in [4.69, 9.17) is 15.2 Å². The summed E-state index contributed by atoms with van der Waals surface area (Å²) in [7, 11) is 3.15. The van der Waals surface area contributed by atoms with Gasteiger partial charge in [0.25, 0.3) is 5.91 Å². The van der Waals surface area contributed by atoms with E-state index in [1.807, 2.05) is 24.3 Å². The number of rotatable bonds is 5. The fraction of sp³-hybridized carbons (Fsp3) is 0.188. The van der Waals surface area contributed by atoms with Crippen LogP contribution in [0, 0.1) is 0 Å². The summed E-state index contributed by atoms with van der Waals surface area (Å²) in [6.07, 6.45) is 0. The summed E-state index contributed by atoms with van der Waals surface area (Å²) < 4.78 is 10.2. The highest BCUT2D eigenvalue weighted by molar-refractivity contribution is 6.04. The smallest absolute Gasteiger partial charge is 0.255 e. The number of carbonyl (C=O) groups excluding carboxylic acids is 1. The van der Waals surface area contributed by atoms with Crippen LogP contribution in [0.2, 0.25) is 0 Å². The van der Waals surface area contributed by atoms with Crippen molar-refractivity contribution in [2.75, 3.05) is 25.3 Å². The minimum atomic E-state index is -0.220. The van der Waals surface area contributed by atoms with Crippen LogP contribution in [-0.2, 0) is 11.3 Å². The fourth-order valence-electron chi connectivity index (χ4n) is 1.96. The van der Waals surface area contributed by atoms with Gasteiger partial charge in [0.2, 0.25) is 0 Å². The Morgan fingerprint density at radius 1 is 1.19 bits per heavy atom. The Labute approximate surface area is 123 Å². The van der Waals surface area contributed by atoms with E-state index in [9.17, 15) is 4.79 Å². The summed E-state index contributed by atoms with van der Waals surface area (Å²) in [6, 6.07) is 12.4. The van der Waals surface area contributed by atoms with Gasteiger partial charge in [0.05, 0.1) is 19.4 Å². The van der Waals surface area contributed by atoms with Gasteiger partial charge < -0.3 is 20.5 Å². The van der Waals surface area contributed by atoms with Crippen LogP contribution in [0.5, 0.6) is 5.75 Å². The Balaban J connectivity index is 2.16. The van der Waals surface area contributed by atoms with E-state index in [1.54, 1.807) is 25.3 Å². The van der Waals surface area contributed by atoms with Crippen LogP contribution in [0.15, 0.2) is 42.5 Å². The Morgan fingerprint density at radius 2 is 2.00 bits per heavy atom. The zero-order chi connectivity index (χ0) is 15.2. The van der Waals surface area contributed by atoms with E-state index in [1.165, 1.54) is 7.11 Å². The molecule has 0 fully saturated rings. The van der Waals surface area contributed by atoms with Crippen molar-refractivity contribution in [3.05, 3.63) is 53.6 Å². The van der Waals surface area contributed by atoms with Gasteiger partial charge in [-0.25, -0.2) is 0 Å². The van der Waals surface area contributed by atoms with Gasteiger partial charge in [0.1, 0.15) is 5.75 Å². The Kier molecular flexibility index (Phi) is 4.79. The van der Waals surface area contributed by atoms with Crippen LogP contribution in [0.3, 0.4) is 0 Å². The summed E-state index contributed by atoms with van der Waals surface area (Å²) >= 11 is 0. The molecule has 0 saturated carbocycles. The number of ether oxygens (including phenoxy) is 2. The van der Waals surface area contributed by atoms with E-state index >= 15 is 0 Å². The van der Waals surface area contributed by atoms with Gasteiger partial charge in [0, 0.05) is 18.4 Å². The number of anilines is 2. The predicted octanol–water partition coefficient (Wildman–Crippen LogP) is 2.68. The molecular weight excluding hydrogens is 268 g/mol. The van der Waals surface area contributed by atoms with Crippen LogP contribution in [-0.4, -0.2) is 20.1 Å². The molecular formula is C16H18N2O3. The molecule has 0 aromatic heterocycles. The normalized spacial score (nSPS) is 10.2. The molecule has 110 valence electrons. The molecule has 0 spiro atoms. The summed E-state index contributed by atoms with van der Waals surface area (Å²) in [5.41, 5.74) is 8.42. The van der Waals surface area contributed by atoms with Gasteiger partial charge >= 0.3 is 0 Å². The van der Waals surface area contributed by atoms with Gasteiger partial charge in [-0.05, 0) is 35.9 Å². The number of hydrogen-bond acceptors (Lipinski definition) is 4. The third kappa shape index (κ3) is 3.73. The second kappa shape index (κ2) is 6.76. The molecule has 0 heterocycles. The summed E-state index contributed by atoms with van der Waals surface area (Å²) in [4.78, 5) is 12.2. The molecule has 0 aliphatic heterocycles. The lowest BCUT2D eigenvalue weighted by Crippen LogP contribution is -2.12. The quantitative estimate of drug-likeness (QED) is 0.829. The summed E-state index contributed by atoms with van der Waals surface area (Å²) in [5, 5.41) is 2.84. The molecule has 0 saturated heterocycles. The maximum atomic E-state index is 12.2. The topological polar surface area (TPSA) is 73.6 Å². The zero-order valence-corrected chi connectivity index (χ0v) is 12.1. The zero-order valence-electron chi connectivity index (χ0n) is 12.1. The molecule has 0 aliphatic carbocycles. The maximum absolute atomic E-state index is 12.2. The summed E-state index contributed by atoms with van der Waals surface area (Å²) in [5.74, 6) is 0.263. The number of carbonyl (C=O) groups is 1. The molecule has 2 aromatic rings. The highest BCUT2D eigenvalue weighted by Crippen LogP contribution is 2.23. The first-order chi connectivity index (χ1) is 10.1. The lowest BCUT2D eigenvalue weighted by atomic mass is 10.1. The molecule has 5 nitrogen and oxygen atoms in total. The van der Waals surface area contributed by atoms with Crippen molar-refractivity contribution in [1.29, 1.82) is 0 Å². The Bertz CT molecular complexity index is 641. The average Bonchev–Trinajstić information content (AvgIpc) is 2.48. The first kappa shape index (κ1) is 14.9. The number of benzene rings is 2. The first-order valence-electron chi connectivity index (χ1n) is 6.47.